The molecule has 0 saturated heterocycles. The predicted molar refractivity (Wildman–Crippen MR) is 133 cm³/mol. The van der Waals surface area contributed by atoms with Crippen molar-refractivity contribution in [1.82, 2.24) is 15.6 Å². The van der Waals surface area contributed by atoms with Gasteiger partial charge >= 0.3 is 0 Å². The molecule has 0 fully saturated rings. The van der Waals surface area contributed by atoms with Crippen molar-refractivity contribution in [2.75, 3.05) is 27.3 Å². The number of methoxy groups -OCH3 is 2. The maximum absolute atomic E-state index is 13.1. The molecule has 0 unspecified atom stereocenters. The number of rotatable bonds is 9. The van der Waals surface area contributed by atoms with Gasteiger partial charge in [0.05, 0.1) is 26.5 Å². The summed E-state index contributed by atoms with van der Waals surface area (Å²) in [5, 5.41) is 6.53. The van der Waals surface area contributed by atoms with Gasteiger partial charge < -0.3 is 24.5 Å². The van der Waals surface area contributed by atoms with Gasteiger partial charge in [-0.2, -0.15) is 0 Å². The summed E-state index contributed by atoms with van der Waals surface area (Å²) < 4.78 is 29.3. The fourth-order valence-corrected chi connectivity index (χ4v) is 2.94. The van der Waals surface area contributed by atoms with E-state index in [1.165, 1.54) is 12.1 Å². The molecule has 3 aromatic rings. The third kappa shape index (κ3) is 7.11. The number of aliphatic imine (C=N–C) groups is 1. The zero-order chi connectivity index (χ0) is 22.1. The Morgan fingerprint density at radius 3 is 2.56 bits per heavy atom. The number of hydrogen-bond acceptors (Lipinski definition) is 5. The Kier molecular flexibility index (Phi) is 10.3. The second-order valence-corrected chi connectivity index (χ2v) is 6.70. The van der Waals surface area contributed by atoms with Crippen LogP contribution in [0.3, 0.4) is 0 Å². The number of aromatic nitrogens is 1. The number of hydrogen-bond donors (Lipinski definition) is 2. The molecule has 0 aliphatic heterocycles. The van der Waals surface area contributed by atoms with Gasteiger partial charge in [0.2, 0.25) is 5.89 Å². The molecule has 172 valence electrons. The van der Waals surface area contributed by atoms with E-state index in [0.29, 0.717) is 31.4 Å². The van der Waals surface area contributed by atoms with Crippen LogP contribution in [0.1, 0.15) is 18.2 Å². The lowest BCUT2D eigenvalue weighted by Crippen LogP contribution is -2.38. The van der Waals surface area contributed by atoms with Crippen molar-refractivity contribution in [2.45, 2.75) is 19.9 Å². The first-order valence-corrected chi connectivity index (χ1v) is 10.1. The van der Waals surface area contributed by atoms with Crippen LogP contribution in [0.4, 0.5) is 4.39 Å². The SMILES string of the molecule is CCNC(=NCc1ccc(OC)cc1OC)NCCc1coc(-c2ccc(F)cc2)n1.I. The first-order chi connectivity index (χ1) is 15.1. The maximum Gasteiger partial charge on any atom is 0.226 e. The number of nitrogens with one attached hydrogen (secondary N) is 2. The minimum absolute atomic E-state index is 0. The second kappa shape index (κ2) is 12.9. The highest BCUT2D eigenvalue weighted by atomic mass is 127. The first kappa shape index (κ1) is 25.4. The standard InChI is InChI=1S/C23H27FN4O3.HI/c1-4-25-23(27-14-17-7-10-20(29-2)13-21(17)30-3)26-12-11-19-15-31-22(28-19)16-5-8-18(24)9-6-16;/h5-10,13,15H,4,11-12,14H2,1-3H3,(H2,25,26,27);1H. The fraction of sp³-hybridized carbons (Fsp3) is 0.304. The Morgan fingerprint density at radius 1 is 1.09 bits per heavy atom. The zero-order valence-electron chi connectivity index (χ0n) is 18.4. The number of ether oxygens (including phenoxy) is 2. The summed E-state index contributed by atoms with van der Waals surface area (Å²) in [6.07, 6.45) is 2.27. The van der Waals surface area contributed by atoms with Crippen LogP contribution in [0.25, 0.3) is 11.5 Å². The van der Waals surface area contributed by atoms with Crippen LogP contribution in [0.5, 0.6) is 11.5 Å². The van der Waals surface area contributed by atoms with E-state index < -0.39 is 0 Å². The average molecular weight is 554 g/mol. The number of nitrogens with zero attached hydrogens (tertiary/aromatic N) is 2. The fourth-order valence-electron chi connectivity index (χ4n) is 2.94. The molecule has 0 atom stereocenters. The van der Waals surface area contributed by atoms with Crippen molar-refractivity contribution in [2.24, 2.45) is 4.99 Å². The molecule has 0 radical (unpaired) electrons. The summed E-state index contributed by atoms with van der Waals surface area (Å²) in [5.41, 5.74) is 2.50. The van der Waals surface area contributed by atoms with Crippen LogP contribution >= 0.6 is 24.0 Å². The van der Waals surface area contributed by atoms with E-state index in [-0.39, 0.29) is 29.8 Å². The number of oxazole rings is 1. The van der Waals surface area contributed by atoms with Gasteiger partial charge in [0, 0.05) is 36.7 Å². The van der Waals surface area contributed by atoms with Gasteiger partial charge in [-0.15, -0.1) is 24.0 Å². The minimum Gasteiger partial charge on any atom is -0.497 e. The summed E-state index contributed by atoms with van der Waals surface area (Å²) >= 11 is 0. The molecular formula is C23H28FIN4O3. The Labute approximate surface area is 204 Å². The van der Waals surface area contributed by atoms with Crippen molar-refractivity contribution >= 4 is 29.9 Å². The van der Waals surface area contributed by atoms with Crippen molar-refractivity contribution in [1.29, 1.82) is 0 Å². The molecule has 0 bridgehead atoms. The van der Waals surface area contributed by atoms with Crippen LogP contribution in [0.2, 0.25) is 0 Å². The number of halogens is 2. The molecule has 0 aliphatic carbocycles. The summed E-state index contributed by atoms with van der Waals surface area (Å²) in [6, 6.07) is 11.7. The first-order valence-electron chi connectivity index (χ1n) is 10.1. The summed E-state index contributed by atoms with van der Waals surface area (Å²) in [6.45, 7) is 3.84. The smallest absolute Gasteiger partial charge is 0.226 e. The lowest BCUT2D eigenvalue weighted by Gasteiger charge is -2.12. The van der Waals surface area contributed by atoms with Gasteiger partial charge in [0.25, 0.3) is 0 Å². The van der Waals surface area contributed by atoms with Crippen LogP contribution in [0, 0.1) is 5.82 Å². The molecule has 32 heavy (non-hydrogen) atoms. The molecule has 9 heteroatoms. The van der Waals surface area contributed by atoms with Crippen LogP contribution in [-0.4, -0.2) is 38.3 Å². The van der Waals surface area contributed by atoms with Crippen LogP contribution in [0.15, 0.2) is 58.1 Å². The molecule has 1 heterocycles. The van der Waals surface area contributed by atoms with E-state index in [4.69, 9.17) is 13.9 Å². The lowest BCUT2D eigenvalue weighted by atomic mass is 10.2. The molecular weight excluding hydrogens is 526 g/mol. The summed E-state index contributed by atoms with van der Waals surface area (Å²) in [4.78, 5) is 9.10. The van der Waals surface area contributed by atoms with Crippen molar-refractivity contribution in [3.05, 3.63) is 65.8 Å². The van der Waals surface area contributed by atoms with Crippen LogP contribution in [-0.2, 0) is 13.0 Å². The topological polar surface area (TPSA) is 80.9 Å². The Hall–Kier alpha value is -2.82. The highest BCUT2D eigenvalue weighted by Crippen LogP contribution is 2.25. The molecule has 1 aromatic heterocycles. The van der Waals surface area contributed by atoms with Crippen LogP contribution < -0.4 is 20.1 Å². The van der Waals surface area contributed by atoms with E-state index in [2.05, 4.69) is 20.6 Å². The third-order valence-corrected chi connectivity index (χ3v) is 4.56. The normalized spacial score (nSPS) is 10.9. The Bertz CT molecular complexity index is 1010. The zero-order valence-corrected chi connectivity index (χ0v) is 20.7. The van der Waals surface area contributed by atoms with Gasteiger partial charge in [0.15, 0.2) is 5.96 Å². The lowest BCUT2D eigenvalue weighted by molar-refractivity contribution is 0.391. The van der Waals surface area contributed by atoms with Gasteiger partial charge in [-0.3, -0.25) is 0 Å². The number of guanidine groups is 1. The molecule has 0 aliphatic rings. The highest BCUT2D eigenvalue weighted by Gasteiger charge is 2.08. The molecule has 2 N–H and O–H groups in total. The van der Waals surface area contributed by atoms with E-state index in [1.54, 1.807) is 32.6 Å². The van der Waals surface area contributed by atoms with E-state index >= 15 is 0 Å². The van der Waals surface area contributed by atoms with Gasteiger partial charge in [-0.25, -0.2) is 14.4 Å². The Balaban J connectivity index is 0.00000363. The monoisotopic (exact) mass is 554 g/mol. The summed E-state index contributed by atoms with van der Waals surface area (Å²) in [5.74, 6) is 2.35. The second-order valence-electron chi connectivity index (χ2n) is 6.70. The van der Waals surface area contributed by atoms with Gasteiger partial charge in [0.1, 0.15) is 23.6 Å². The van der Waals surface area contributed by atoms with E-state index in [1.807, 2.05) is 25.1 Å². The summed E-state index contributed by atoms with van der Waals surface area (Å²) in [7, 11) is 3.25. The maximum atomic E-state index is 13.1. The molecule has 2 aromatic carbocycles. The van der Waals surface area contributed by atoms with Gasteiger partial charge in [-0.1, -0.05) is 0 Å². The van der Waals surface area contributed by atoms with Crippen molar-refractivity contribution < 1.29 is 18.3 Å². The Morgan fingerprint density at radius 2 is 1.88 bits per heavy atom. The molecule has 0 spiro atoms. The minimum atomic E-state index is -0.290. The van der Waals surface area contributed by atoms with Crippen molar-refractivity contribution in [3.8, 4) is 23.0 Å². The molecule has 3 rings (SSSR count). The van der Waals surface area contributed by atoms with E-state index in [9.17, 15) is 4.39 Å². The predicted octanol–water partition coefficient (Wildman–Crippen LogP) is 4.41. The highest BCUT2D eigenvalue weighted by molar-refractivity contribution is 14.0. The average Bonchev–Trinajstić information content (AvgIpc) is 3.26. The third-order valence-electron chi connectivity index (χ3n) is 4.56. The largest absolute Gasteiger partial charge is 0.497 e. The van der Waals surface area contributed by atoms with E-state index in [0.717, 1.165) is 34.9 Å². The molecule has 7 nitrogen and oxygen atoms in total. The van der Waals surface area contributed by atoms with Gasteiger partial charge in [-0.05, 0) is 43.3 Å². The van der Waals surface area contributed by atoms with Crippen molar-refractivity contribution in [3.63, 3.8) is 0 Å². The number of benzene rings is 2. The quantitative estimate of drug-likeness (QED) is 0.232. The molecule has 0 amide bonds. The molecule has 0 saturated carbocycles.